The summed E-state index contributed by atoms with van der Waals surface area (Å²) in [4.78, 5) is 0. The molecule has 1 fully saturated rings. The lowest BCUT2D eigenvalue weighted by Crippen LogP contribution is -2.35. The molecule has 0 aliphatic carbocycles. The fraction of sp³-hybridized carbons (Fsp3) is 1.00. The summed E-state index contributed by atoms with van der Waals surface area (Å²) in [6.07, 6.45) is -2.84. The van der Waals surface area contributed by atoms with Crippen molar-refractivity contribution >= 4 is 21.3 Å². The molecule has 0 aromatic heterocycles. The highest BCUT2D eigenvalue weighted by Gasteiger charge is 2.49. The molecule has 0 saturated carbocycles. The first-order chi connectivity index (χ1) is 8.78. The minimum absolute atomic E-state index is 0.134. The van der Waals surface area contributed by atoms with Gasteiger partial charge < -0.3 is 20.4 Å². The molecule has 1 aliphatic rings. The van der Waals surface area contributed by atoms with E-state index in [1.54, 1.807) is 0 Å². The van der Waals surface area contributed by atoms with Crippen molar-refractivity contribution in [3.05, 3.63) is 0 Å². The van der Waals surface area contributed by atoms with Crippen LogP contribution in [0, 0.1) is 0 Å². The molecule has 0 bridgehead atoms. The lowest BCUT2D eigenvalue weighted by molar-refractivity contribution is 0.0325. The first-order valence-electron chi connectivity index (χ1n) is 5.68. The molecule has 0 amide bonds. The van der Waals surface area contributed by atoms with Gasteiger partial charge in [-0.2, -0.15) is 8.42 Å². The van der Waals surface area contributed by atoms with Crippen molar-refractivity contribution in [3.8, 4) is 0 Å². The Hall–Kier alpha value is 0.0600. The van der Waals surface area contributed by atoms with Gasteiger partial charge in [-0.25, -0.2) is 4.18 Å². The maximum atomic E-state index is 10.5. The zero-order chi connectivity index (χ0) is 14.6. The van der Waals surface area contributed by atoms with E-state index in [1.165, 1.54) is 0 Å². The summed E-state index contributed by atoms with van der Waals surface area (Å²) in [5.41, 5.74) is 0. The van der Waals surface area contributed by atoms with Crippen LogP contribution in [-0.4, -0.2) is 81.7 Å². The van der Waals surface area contributed by atoms with Crippen LogP contribution >= 0.6 is 0 Å². The van der Waals surface area contributed by atoms with Gasteiger partial charge in [-0.05, 0) is 10.9 Å². The Morgan fingerprint density at radius 3 is 2.42 bits per heavy atom. The van der Waals surface area contributed by atoms with E-state index < -0.39 is 51.5 Å². The maximum Gasteiger partial charge on any atom is 0.397 e. The fourth-order valence-electron chi connectivity index (χ4n) is 1.96. The van der Waals surface area contributed by atoms with Crippen LogP contribution in [0.2, 0.25) is 0 Å². The van der Waals surface area contributed by atoms with E-state index in [-0.39, 0.29) is 13.0 Å². The number of rotatable bonds is 7. The topological polar surface area (TPSA) is 145 Å². The minimum Gasteiger partial charge on any atom is -0.394 e. The van der Waals surface area contributed by atoms with Gasteiger partial charge in [0.1, 0.15) is 29.8 Å². The van der Waals surface area contributed by atoms with Gasteiger partial charge in [0.05, 0.1) is 13.2 Å². The number of aliphatic hydroxyl groups excluding tert-OH is 4. The lowest BCUT2D eigenvalue weighted by atomic mass is 10.2. The molecule has 1 saturated heterocycles. The Kier molecular flexibility index (Phi) is 6.47. The van der Waals surface area contributed by atoms with Crippen LogP contribution < -0.4 is 0 Å². The Labute approximate surface area is 114 Å². The van der Waals surface area contributed by atoms with Crippen molar-refractivity contribution in [2.24, 2.45) is 0 Å². The highest BCUT2D eigenvalue weighted by atomic mass is 32.3. The molecule has 1 heterocycles. The zero-order valence-corrected chi connectivity index (χ0v) is 11.8. The monoisotopic (exact) mass is 319 g/mol. The highest BCUT2D eigenvalue weighted by molar-refractivity contribution is 7.97. The van der Waals surface area contributed by atoms with Crippen LogP contribution in [0.3, 0.4) is 0 Å². The van der Waals surface area contributed by atoms with Crippen LogP contribution in [-0.2, 0) is 25.5 Å². The van der Waals surface area contributed by atoms with Crippen molar-refractivity contribution in [2.45, 2.75) is 30.0 Å². The Bertz CT molecular complexity index is 372. The molecule has 19 heavy (non-hydrogen) atoms. The van der Waals surface area contributed by atoms with E-state index in [4.69, 9.17) is 14.8 Å². The second-order valence-electron chi connectivity index (χ2n) is 4.30. The van der Waals surface area contributed by atoms with Gasteiger partial charge in [0, 0.05) is 6.42 Å². The fourth-order valence-corrected chi connectivity index (χ4v) is 5.16. The molecule has 1 aliphatic heterocycles. The van der Waals surface area contributed by atoms with E-state index in [0.717, 1.165) is 0 Å². The summed E-state index contributed by atoms with van der Waals surface area (Å²) >= 11 is 0. The average Bonchev–Trinajstić information content (AvgIpc) is 2.58. The van der Waals surface area contributed by atoms with Crippen LogP contribution in [0.1, 0.15) is 6.42 Å². The van der Waals surface area contributed by atoms with Crippen molar-refractivity contribution in [1.82, 2.24) is 0 Å². The normalized spacial score (nSPS) is 33.5. The van der Waals surface area contributed by atoms with Gasteiger partial charge in [-0.15, -0.1) is 0 Å². The van der Waals surface area contributed by atoms with Crippen LogP contribution in [0.25, 0.3) is 0 Å². The van der Waals surface area contributed by atoms with Crippen LogP contribution in [0.4, 0.5) is 0 Å². The molecular formula is C9H19O8S2+. The summed E-state index contributed by atoms with van der Waals surface area (Å²) in [6, 6.07) is 0. The predicted molar refractivity (Wildman–Crippen MR) is 68.1 cm³/mol. The number of hydrogen-bond acceptors (Lipinski definition) is 7. The molecule has 1 rings (SSSR count). The third kappa shape index (κ3) is 5.16. The second kappa shape index (κ2) is 7.18. The summed E-state index contributed by atoms with van der Waals surface area (Å²) < 4.78 is 33.8. The first kappa shape index (κ1) is 17.1. The lowest BCUT2D eigenvalue weighted by Gasteiger charge is -2.15. The van der Waals surface area contributed by atoms with Crippen molar-refractivity contribution in [1.29, 1.82) is 0 Å². The van der Waals surface area contributed by atoms with Gasteiger partial charge >= 0.3 is 10.4 Å². The van der Waals surface area contributed by atoms with E-state index in [2.05, 4.69) is 4.18 Å². The number of aliphatic hydroxyl groups is 4. The van der Waals surface area contributed by atoms with Gasteiger partial charge in [-0.3, -0.25) is 4.55 Å². The van der Waals surface area contributed by atoms with E-state index >= 15 is 0 Å². The minimum atomic E-state index is -4.63. The van der Waals surface area contributed by atoms with Gasteiger partial charge in [0.2, 0.25) is 0 Å². The van der Waals surface area contributed by atoms with Gasteiger partial charge in [-0.1, -0.05) is 0 Å². The largest absolute Gasteiger partial charge is 0.397 e. The molecule has 1 unspecified atom stereocenters. The summed E-state index contributed by atoms with van der Waals surface area (Å²) in [5.74, 6) is 0.691. The average molecular weight is 319 g/mol. The van der Waals surface area contributed by atoms with Crippen molar-refractivity contribution in [3.63, 3.8) is 0 Å². The number of hydrogen-bond donors (Lipinski definition) is 5. The van der Waals surface area contributed by atoms with E-state index in [1.807, 2.05) is 0 Å². The summed E-state index contributed by atoms with van der Waals surface area (Å²) in [5, 5.41) is 36.8. The van der Waals surface area contributed by atoms with Crippen LogP contribution in [0.5, 0.6) is 0 Å². The second-order valence-corrected chi connectivity index (χ2v) is 7.77. The standard InChI is InChI=1S/C9H18O8S2/c10-3-6(17-19(14,15)16)1-2-18-5-7(12)9(13)8(18)4-11/h6-13H,1-5H2/p+1/t6-,7-,8-,9+,18?/m1/s1. The molecule has 0 aromatic rings. The quantitative estimate of drug-likeness (QED) is 0.251. The Balaban J connectivity index is 2.51. The van der Waals surface area contributed by atoms with E-state index in [9.17, 15) is 18.6 Å². The molecule has 0 radical (unpaired) electrons. The highest BCUT2D eigenvalue weighted by Crippen LogP contribution is 2.25. The molecule has 10 heteroatoms. The summed E-state index contributed by atoms with van der Waals surface area (Å²) in [7, 11) is -5.12. The molecule has 0 aromatic carbocycles. The first-order valence-corrected chi connectivity index (χ1v) is 8.67. The molecule has 5 N–H and O–H groups in total. The zero-order valence-electron chi connectivity index (χ0n) is 10.1. The van der Waals surface area contributed by atoms with Gasteiger partial charge in [0.15, 0.2) is 5.25 Å². The smallest absolute Gasteiger partial charge is 0.394 e. The molecule has 8 nitrogen and oxygen atoms in total. The van der Waals surface area contributed by atoms with Crippen LogP contribution in [0.15, 0.2) is 0 Å². The van der Waals surface area contributed by atoms with Crippen molar-refractivity contribution in [2.75, 3.05) is 24.7 Å². The predicted octanol–water partition coefficient (Wildman–Crippen LogP) is -2.73. The summed E-state index contributed by atoms with van der Waals surface area (Å²) in [6.45, 7) is -0.851. The van der Waals surface area contributed by atoms with Crippen molar-refractivity contribution < 1.29 is 37.6 Å². The Morgan fingerprint density at radius 2 is 1.95 bits per heavy atom. The molecule has 114 valence electrons. The molecule has 0 spiro atoms. The van der Waals surface area contributed by atoms with E-state index in [0.29, 0.717) is 11.5 Å². The third-order valence-corrected chi connectivity index (χ3v) is 6.26. The van der Waals surface area contributed by atoms with Gasteiger partial charge in [0.25, 0.3) is 0 Å². The molecule has 5 atom stereocenters. The Morgan fingerprint density at radius 1 is 1.32 bits per heavy atom. The third-order valence-electron chi connectivity index (χ3n) is 2.93. The maximum absolute atomic E-state index is 10.5. The molecular weight excluding hydrogens is 300 g/mol. The SMILES string of the molecule is O=S(=O)(O)O[C@@H](CO)CC[S+]1C[C@@H](O)[C@H](O)[C@H]1CO.